The lowest BCUT2D eigenvalue weighted by Crippen LogP contribution is -2.08. The van der Waals surface area contributed by atoms with Gasteiger partial charge < -0.3 is 4.74 Å². The van der Waals surface area contributed by atoms with Crippen LogP contribution in [0, 0.1) is 6.92 Å². The van der Waals surface area contributed by atoms with Crippen LogP contribution in [0.25, 0.3) is 5.57 Å². The standard InChI is InChI=1S/C17H24O2/c1-7-14-9-11(3)10-15(8-2)17(14)16(12(4)18)13(5)19-6/h9-10H,7-8H2,1-6H3/b16-13-. The van der Waals surface area contributed by atoms with E-state index in [0.717, 1.165) is 24.0 Å². The van der Waals surface area contributed by atoms with Gasteiger partial charge in [0.25, 0.3) is 0 Å². The van der Waals surface area contributed by atoms with Crippen molar-refractivity contribution in [3.05, 3.63) is 40.1 Å². The van der Waals surface area contributed by atoms with Crippen molar-refractivity contribution < 1.29 is 9.53 Å². The molecule has 0 aliphatic rings. The number of carbonyl (C=O) groups is 1. The van der Waals surface area contributed by atoms with E-state index in [1.54, 1.807) is 14.0 Å². The van der Waals surface area contributed by atoms with Gasteiger partial charge >= 0.3 is 0 Å². The molecule has 2 heteroatoms. The van der Waals surface area contributed by atoms with Crippen LogP contribution in [-0.4, -0.2) is 12.9 Å². The van der Waals surface area contributed by atoms with Crippen LogP contribution < -0.4 is 0 Å². The Morgan fingerprint density at radius 1 is 1.11 bits per heavy atom. The number of Topliss-reactive ketones (excluding diaryl/α,β-unsaturated/α-hetero) is 1. The molecule has 2 nitrogen and oxygen atoms in total. The number of aryl methyl sites for hydroxylation is 3. The number of rotatable bonds is 5. The Morgan fingerprint density at radius 2 is 1.58 bits per heavy atom. The Hall–Kier alpha value is -1.57. The van der Waals surface area contributed by atoms with Crippen LogP contribution in [0.15, 0.2) is 17.9 Å². The highest BCUT2D eigenvalue weighted by Crippen LogP contribution is 2.29. The Labute approximate surface area is 116 Å². The van der Waals surface area contributed by atoms with Crippen LogP contribution in [0.4, 0.5) is 0 Å². The third kappa shape index (κ3) is 3.25. The normalized spacial score (nSPS) is 12.1. The highest BCUT2D eigenvalue weighted by atomic mass is 16.5. The second-order valence-electron chi connectivity index (χ2n) is 4.86. The van der Waals surface area contributed by atoms with Crippen molar-refractivity contribution >= 4 is 11.4 Å². The van der Waals surface area contributed by atoms with Crippen LogP contribution in [0.3, 0.4) is 0 Å². The average molecular weight is 260 g/mol. The van der Waals surface area contributed by atoms with Gasteiger partial charge in [0.2, 0.25) is 0 Å². The lowest BCUT2D eigenvalue weighted by Gasteiger charge is -2.18. The number of allylic oxidation sites excluding steroid dienone is 2. The molecule has 0 radical (unpaired) electrons. The van der Waals surface area contributed by atoms with E-state index in [9.17, 15) is 4.79 Å². The van der Waals surface area contributed by atoms with E-state index in [2.05, 4.69) is 32.9 Å². The van der Waals surface area contributed by atoms with Crippen molar-refractivity contribution in [2.24, 2.45) is 0 Å². The largest absolute Gasteiger partial charge is 0.501 e. The van der Waals surface area contributed by atoms with Gasteiger partial charge in [0.05, 0.1) is 12.7 Å². The Bertz CT molecular complexity index is 485. The van der Waals surface area contributed by atoms with E-state index in [1.807, 2.05) is 6.92 Å². The Balaban J connectivity index is 3.67. The smallest absolute Gasteiger partial charge is 0.163 e. The van der Waals surface area contributed by atoms with E-state index < -0.39 is 0 Å². The molecule has 0 saturated carbocycles. The summed E-state index contributed by atoms with van der Waals surface area (Å²) in [7, 11) is 1.61. The van der Waals surface area contributed by atoms with Crippen LogP contribution in [0.2, 0.25) is 0 Å². The lowest BCUT2D eigenvalue weighted by molar-refractivity contribution is -0.111. The van der Waals surface area contributed by atoms with Crippen molar-refractivity contribution in [1.82, 2.24) is 0 Å². The molecule has 104 valence electrons. The van der Waals surface area contributed by atoms with Crippen molar-refractivity contribution in [2.45, 2.75) is 47.5 Å². The molecule has 0 N–H and O–H groups in total. The first-order valence-corrected chi connectivity index (χ1v) is 6.84. The minimum Gasteiger partial charge on any atom is -0.501 e. The zero-order chi connectivity index (χ0) is 14.6. The van der Waals surface area contributed by atoms with Gasteiger partial charge in [-0.1, -0.05) is 31.5 Å². The second-order valence-corrected chi connectivity index (χ2v) is 4.86. The Kier molecular flexibility index (Phi) is 5.34. The average Bonchev–Trinajstić information content (AvgIpc) is 2.39. The molecule has 0 heterocycles. The zero-order valence-electron chi connectivity index (χ0n) is 12.9. The second kappa shape index (κ2) is 6.55. The summed E-state index contributed by atoms with van der Waals surface area (Å²) in [5, 5.41) is 0. The third-order valence-electron chi connectivity index (χ3n) is 3.47. The van der Waals surface area contributed by atoms with E-state index in [-0.39, 0.29) is 5.78 Å². The summed E-state index contributed by atoms with van der Waals surface area (Å²) >= 11 is 0. The van der Waals surface area contributed by atoms with Gasteiger partial charge in [0.15, 0.2) is 5.78 Å². The third-order valence-corrected chi connectivity index (χ3v) is 3.47. The topological polar surface area (TPSA) is 26.3 Å². The SMILES string of the molecule is CCc1cc(C)cc(CC)c1/C(C(C)=O)=C(/C)OC. The predicted molar refractivity (Wildman–Crippen MR) is 80.2 cm³/mol. The van der Waals surface area contributed by atoms with Crippen molar-refractivity contribution in [2.75, 3.05) is 7.11 Å². The number of hydrogen-bond acceptors (Lipinski definition) is 2. The molecular weight excluding hydrogens is 236 g/mol. The number of hydrogen-bond donors (Lipinski definition) is 0. The van der Waals surface area contributed by atoms with E-state index >= 15 is 0 Å². The molecule has 0 fully saturated rings. The first kappa shape index (κ1) is 15.5. The van der Waals surface area contributed by atoms with Crippen molar-refractivity contribution in [3.63, 3.8) is 0 Å². The van der Waals surface area contributed by atoms with E-state index in [4.69, 9.17) is 4.74 Å². The molecule has 0 bridgehead atoms. The molecule has 0 atom stereocenters. The number of carbonyl (C=O) groups excluding carboxylic acids is 1. The Morgan fingerprint density at radius 3 is 1.89 bits per heavy atom. The minimum atomic E-state index is 0.0626. The molecule has 1 aromatic rings. The fourth-order valence-corrected chi connectivity index (χ4v) is 2.52. The summed E-state index contributed by atoms with van der Waals surface area (Å²) in [5.41, 5.74) is 5.48. The first-order valence-electron chi connectivity index (χ1n) is 6.84. The molecule has 0 unspecified atom stereocenters. The molecule has 1 aromatic carbocycles. The summed E-state index contributed by atoms with van der Waals surface area (Å²) in [4.78, 5) is 12.0. The monoisotopic (exact) mass is 260 g/mol. The summed E-state index contributed by atoms with van der Waals surface area (Å²) < 4.78 is 5.32. The minimum absolute atomic E-state index is 0.0626. The van der Waals surface area contributed by atoms with Crippen LogP contribution in [0.5, 0.6) is 0 Å². The zero-order valence-corrected chi connectivity index (χ0v) is 12.9. The molecule has 0 aliphatic carbocycles. The maximum atomic E-state index is 12.0. The van der Waals surface area contributed by atoms with Gasteiger partial charge in [-0.2, -0.15) is 0 Å². The van der Waals surface area contributed by atoms with Gasteiger partial charge in [-0.25, -0.2) is 0 Å². The molecule has 0 saturated heterocycles. The summed E-state index contributed by atoms with van der Waals surface area (Å²) in [6, 6.07) is 4.33. The summed E-state index contributed by atoms with van der Waals surface area (Å²) in [5.74, 6) is 0.758. The van der Waals surface area contributed by atoms with Gasteiger partial charge in [-0.15, -0.1) is 0 Å². The molecule has 0 amide bonds. The van der Waals surface area contributed by atoms with E-state index in [0.29, 0.717) is 5.76 Å². The molecule has 19 heavy (non-hydrogen) atoms. The fraction of sp³-hybridized carbons (Fsp3) is 0.471. The molecule has 0 aliphatic heterocycles. The number of benzene rings is 1. The molecule has 0 aromatic heterocycles. The number of methoxy groups -OCH3 is 1. The van der Waals surface area contributed by atoms with E-state index in [1.165, 1.54) is 16.7 Å². The fourth-order valence-electron chi connectivity index (χ4n) is 2.52. The van der Waals surface area contributed by atoms with Crippen LogP contribution in [-0.2, 0) is 22.4 Å². The van der Waals surface area contributed by atoms with Gasteiger partial charge in [-0.3, -0.25) is 4.79 Å². The van der Waals surface area contributed by atoms with Gasteiger partial charge in [0.1, 0.15) is 5.76 Å². The number of ether oxygens (including phenoxy) is 1. The van der Waals surface area contributed by atoms with Crippen molar-refractivity contribution in [3.8, 4) is 0 Å². The highest BCUT2D eigenvalue weighted by molar-refractivity contribution is 6.21. The quantitative estimate of drug-likeness (QED) is 0.589. The molecular formula is C17H24O2. The molecule has 0 spiro atoms. The van der Waals surface area contributed by atoms with Crippen molar-refractivity contribution in [1.29, 1.82) is 0 Å². The van der Waals surface area contributed by atoms with Crippen LogP contribution >= 0.6 is 0 Å². The summed E-state index contributed by atoms with van der Waals surface area (Å²) in [6.45, 7) is 9.81. The van der Waals surface area contributed by atoms with Gasteiger partial charge in [0, 0.05) is 0 Å². The highest BCUT2D eigenvalue weighted by Gasteiger charge is 2.19. The summed E-state index contributed by atoms with van der Waals surface area (Å²) in [6.07, 6.45) is 1.83. The first-order chi connectivity index (χ1) is 8.96. The maximum absolute atomic E-state index is 12.0. The molecule has 1 rings (SSSR count). The van der Waals surface area contributed by atoms with Gasteiger partial charge in [-0.05, 0) is 50.3 Å². The predicted octanol–water partition coefficient (Wildman–Crippen LogP) is 4.09. The maximum Gasteiger partial charge on any atom is 0.163 e. The lowest BCUT2D eigenvalue weighted by atomic mass is 9.88. The number of ketones is 1. The van der Waals surface area contributed by atoms with Crippen LogP contribution in [0.1, 0.15) is 49.9 Å².